The van der Waals surface area contributed by atoms with Crippen LogP contribution in [0.3, 0.4) is 0 Å². The number of hydrogen-bond acceptors (Lipinski definition) is 3. The van der Waals surface area contributed by atoms with Gasteiger partial charge in [-0.1, -0.05) is 35.4 Å². The highest BCUT2D eigenvalue weighted by Crippen LogP contribution is 2.24. The maximum atomic E-state index is 13.4. The highest BCUT2D eigenvalue weighted by Gasteiger charge is 2.32. The number of amides is 1. The summed E-state index contributed by atoms with van der Waals surface area (Å²) in [6.07, 6.45) is 2.68. The van der Waals surface area contributed by atoms with Gasteiger partial charge in [0.2, 0.25) is 0 Å². The molecule has 0 saturated carbocycles. The third kappa shape index (κ3) is 4.24. The number of H-pyrrole nitrogens is 1. The van der Waals surface area contributed by atoms with Crippen LogP contribution in [0.25, 0.3) is 10.9 Å². The molecule has 0 bridgehead atoms. The van der Waals surface area contributed by atoms with Crippen LogP contribution in [0.2, 0.25) is 0 Å². The summed E-state index contributed by atoms with van der Waals surface area (Å²) in [5.41, 5.74) is 5.04. The Morgan fingerprint density at radius 2 is 1.83 bits per heavy atom. The zero-order valence-corrected chi connectivity index (χ0v) is 17.4. The van der Waals surface area contributed by atoms with E-state index < -0.39 is 5.97 Å². The van der Waals surface area contributed by atoms with E-state index >= 15 is 0 Å². The zero-order valence-electron chi connectivity index (χ0n) is 17.4. The molecule has 0 radical (unpaired) electrons. The minimum Gasteiger partial charge on any atom is -0.480 e. The van der Waals surface area contributed by atoms with Gasteiger partial charge in [0.25, 0.3) is 5.91 Å². The number of carboxylic acids is 1. The number of aromatic nitrogens is 1. The van der Waals surface area contributed by atoms with E-state index in [4.69, 9.17) is 0 Å². The molecular weight excluding hydrogens is 378 g/mol. The van der Waals surface area contributed by atoms with Crippen molar-refractivity contribution < 1.29 is 14.7 Å². The molecule has 3 aromatic rings. The lowest BCUT2D eigenvalue weighted by Crippen LogP contribution is -2.56. The van der Waals surface area contributed by atoms with E-state index in [1.165, 1.54) is 0 Å². The molecule has 1 amide bonds. The topological polar surface area (TPSA) is 76.6 Å². The monoisotopic (exact) mass is 405 g/mol. The molecule has 1 aliphatic rings. The molecule has 0 unspecified atom stereocenters. The van der Waals surface area contributed by atoms with E-state index in [1.54, 1.807) is 0 Å². The number of carbonyl (C=O) groups is 2. The molecule has 6 nitrogen and oxygen atoms in total. The normalized spacial score (nSPS) is 17.4. The minimum atomic E-state index is -0.838. The van der Waals surface area contributed by atoms with Crippen LogP contribution in [-0.4, -0.2) is 64.0 Å². The number of carboxylic acid groups (broad SMARTS) is 1. The molecule has 1 aliphatic heterocycles. The fourth-order valence-electron chi connectivity index (χ4n) is 4.51. The molecule has 4 rings (SSSR count). The molecule has 0 spiro atoms. The largest absolute Gasteiger partial charge is 0.480 e. The number of aliphatic carboxylic acids is 1. The van der Waals surface area contributed by atoms with E-state index in [-0.39, 0.29) is 18.5 Å². The minimum absolute atomic E-state index is 0.00400. The van der Waals surface area contributed by atoms with Gasteiger partial charge in [0.1, 0.15) is 0 Å². The standard InChI is InChI=1S/C24H27N3O3/c1-16-9-17(2)11-18(10-16)24(30)27-8-7-26(15-23(28)29)14-20(27)12-19-13-25-22-6-4-3-5-21(19)22/h3-6,9-11,13,20,25H,7-8,12,14-15H2,1-2H3,(H,28,29)/t20-/m1/s1. The van der Waals surface area contributed by atoms with Crippen LogP contribution in [0.4, 0.5) is 0 Å². The van der Waals surface area contributed by atoms with E-state index in [1.807, 2.05) is 60.2 Å². The van der Waals surface area contributed by atoms with Gasteiger partial charge < -0.3 is 15.0 Å². The van der Waals surface area contributed by atoms with Crippen molar-refractivity contribution in [2.24, 2.45) is 0 Å². The van der Waals surface area contributed by atoms with Crippen LogP contribution in [0.15, 0.2) is 48.7 Å². The summed E-state index contributed by atoms with van der Waals surface area (Å²) in [6.45, 7) is 5.62. The van der Waals surface area contributed by atoms with Crippen molar-refractivity contribution in [2.45, 2.75) is 26.3 Å². The van der Waals surface area contributed by atoms with Crippen LogP contribution in [0.5, 0.6) is 0 Å². The second-order valence-electron chi connectivity index (χ2n) is 8.22. The quantitative estimate of drug-likeness (QED) is 0.683. The number of aromatic amines is 1. The Bertz CT molecular complexity index is 1070. The second-order valence-corrected chi connectivity index (χ2v) is 8.22. The predicted molar refractivity (Wildman–Crippen MR) is 117 cm³/mol. The lowest BCUT2D eigenvalue weighted by Gasteiger charge is -2.41. The zero-order chi connectivity index (χ0) is 21.3. The molecule has 2 aromatic carbocycles. The van der Waals surface area contributed by atoms with Crippen molar-refractivity contribution in [2.75, 3.05) is 26.2 Å². The molecule has 156 valence electrons. The van der Waals surface area contributed by atoms with Gasteiger partial charge in [0, 0.05) is 48.3 Å². The van der Waals surface area contributed by atoms with Crippen molar-refractivity contribution >= 4 is 22.8 Å². The highest BCUT2D eigenvalue weighted by atomic mass is 16.4. The van der Waals surface area contributed by atoms with Gasteiger partial charge in [0.05, 0.1) is 6.54 Å². The van der Waals surface area contributed by atoms with E-state index in [2.05, 4.69) is 17.1 Å². The molecule has 2 heterocycles. The Morgan fingerprint density at radius 3 is 2.57 bits per heavy atom. The molecule has 1 atom stereocenters. The first kappa shape index (κ1) is 20.2. The summed E-state index contributed by atoms with van der Waals surface area (Å²) in [5.74, 6) is -0.823. The summed E-state index contributed by atoms with van der Waals surface area (Å²) in [6, 6.07) is 14.0. The van der Waals surface area contributed by atoms with Crippen molar-refractivity contribution in [3.8, 4) is 0 Å². The molecule has 2 N–H and O–H groups in total. The van der Waals surface area contributed by atoms with Crippen LogP contribution in [-0.2, 0) is 11.2 Å². The third-order valence-corrected chi connectivity index (χ3v) is 5.79. The molecule has 6 heteroatoms. The number of fused-ring (bicyclic) bond motifs is 1. The Balaban J connectivity index is 1.63. The average molecular weight is 405 g/mol. The van der Waals surface area contributed by atoms with E-state index in [9.17, 15) is 14.7 Å². The SMILES string of the molecule is Cc1cc(C)cc(C(=O)N2CCN(CC(=O)O)C[C@H]2Cc2c[nH]c3ccccc23)c1. The third-order valence-electron chi connectivity index (χ3n) is 5.79. The molecule has 1 saturated heterocycles. The van der Waals surface area contributed by atoms with Gasteiger partial charge in [-0.3, -0.25) is 14.5 Å². The van der Waals surface area contributed by atoms with Gasteiger partial charge >= 0.3 is 5.97 Å². The fourth-order valence-corrected chi connectivity index (χ4v) is 4.51. The first-order chi connectivity index (χ1) is 14.4. The second kappa shape index (κ2) is 8.32. The number of piperazine rings is 1. The first-order valence-corrected chi connectivity index (χ1v) is 10.3. The Morgan fingerprint density at radius 1 is 1.10 bits per heavy atom. The van der Waals surface area contributed by atoms with Gasteiger partial charge in [-0.25, -0.2) is 0 Å². The summed E-state index contributed by atoms with van der Waals surface area (Å²) in [4.78, 5) is 31.8. The number of hydrogen-bond donors (Lipinski definition) is 2. The number of nitrogens with one attached hydrogen (secondary N) is 1. The van der Waals surface area contributed by atoms with Crippen molar-refractivity contribution in [1.29, 1.82) is 0 Å². The van der Waals surface area contributed by atoms with E-state index in [0.29, 0.717) is 31.6 Å². The smallest absolute Gasteiger partial charge is 0.317 e. The number of para-hydroxylation sites is 1. The van der Waals surface area contributed by atoms with Crippen LogP contribution in [0.1, 0.15) is 27.0 Å². The Kier molecular flexibility index (Phi) is 5.59. The summed E-state index contributed by atoms with van der Waals surface area (Å²) in [7, 11) is 0. The lowest BCUT2D eigenvalue weighted by molar-refractivity contribution is -0.138. The number of rotatable bonds is 5. The summed E-state index contributed by atoms with van der Waals surface area (Å²) in [5, 5.41) is 10.4. The summed E-state index contributed by atoms with van der Waals surface area (Å²) < 4.78 is 0. The molecule has 1 fully saturated rings. The fraction of sp³-hybridized carbons (Fsp3) is 0.333. The number of aryl methyl sites for hydroxylation is 2. The van der Waals surface area contributed by atoms with Gasteiger partial charge in [-0.2, -0.15) is 0 Å². The maximum absolute atomic E-state index is 13.4. The molecule has 1 aromatic heterocycles. The van der Waals surface area contributed by atoms with Crippen molar-refractivity contribution in [3.05, 3.63) is 70.9 Å². The lowest BCUT2D eigenvalue weighted by atomic mass is 9.99. The number of nitrogens with zero attached hydrogens (tertiary/aromatic N) is 2. The molecular formula is C24H27N3O3. The van der Waals surface area contributed by atoms with E-state index in [0.717, 1.165) is 27.6 Å². The predicted octanol–water partition coefficient (Wildman–Crippen LogP) is 3.24. The van der Waals surface area contributed by atoms with Crippen LogP contribution in [0, 0.1) is 13.8 Å². The summed E-state index contributed by atoms with van der Waals surface area (Å²) >= 11 is 0. The van der Waals surface area contributed by atoms with Crippen LogP contribution < -0.4 is 0 Å². The van der Waals surface area contributed by atoms with Gasteiger partial charge in [-0.05, 0) is 44.0 Å². The van der Waals surface area contributed by atoms with Crippen molar-refractivity contribution in [1.82, 2.24) is 14.8 Å². The highest BCUT2D eigenvalue weighted by molar-refractivity contribution is 5.95. The van der Waals surface area contributed by atoms with Crippen molar-refractivity contribution in [3.63, 3.8) is 0 Å². The Labute approximate surface area is 176 Å². The molecule has 30 heavy (non-hydrogen) atoms. The number of benzene rings is 2. The Hall–Kier alpha value is -3.12. The van der Waals surface area contributed by atoms with Crippen LogP contribution >= 0.6 is 0 Å². The van der Waals surface area contributed by atoms with Gasteiger partial charge in [0.15, 0.2) is 0 Å². The first-order valence-electron chi connectivity index (χ1n) is 10.3. The maximum Gasteiger partial charge on any atom is 0.317 e. The molecule has 0 aliphatic carbocycles. The van der Waals surface area contributed by atoms with Gasteiger partial charge in [-0.15, -0.1) is 0 Å². The number of carbonyl (C=O) groups excluding carboxylic acids is 1. The average Bonchev–Trinajstić information content (AvgIpc) is 3.09.